The minimum atomic E-state index is -0.543. The van der Waals surface area contributed by atoms with Crippen LogP contribution in [0, 0.1) is 5.92 Å². The second-order valence-electron chi connectivity index (χ2n) is 8.73. The van der Waals surface area contributed by atoms with Crippen molar-refractivity contribution in [1.29, 1.82) is 0 Å². The Hall–Kier alpha value is -1.59. The number of amides is 2. The predicted octanol–water partition coefficient (Wildman–Crippen LogP) is 3.64. The zero-order chi connectivity index (χ0) is 20.3. The Morgan fingerprint density at radius 3 is 2.17 bits per heavy atom. The molecule has 0 atom stereocenters. The third-order valence-electron chi connectivity index (χ3n) is 7.01. The zero-order valence-electron chi connectivity index (χ0n) is 17.1. The van der Waals surface area contributed by atoms with Gasteiger partial charge in [0.15, 0.2) is 0 Å². The molecule has 2 heterocycles. The van der Waals surface area contributed by atoms with Crippen LogP contribution < -0.4 is 0 Å². The van der Waals surface area contributed by atoms with Crippen molar-refractivity contribution in [3.63, 3.8) is 0 Å². The van der Waals surface area contributed by atoms with E-state index in [9.17, 15) is 9.59 Å². The monoisotopic (exact) mass is 418 g/mol. The van der Waals surface area contributed by atoms with E-state index in [4.69, 9.17) is 16.3 Å². The van der Waals surface area contributed by atoms with E-state index in [2.05, 4.69) is 0 Å². The van der Waals surface area contributed by atoms with E-state index in [0.717, 1.165) is 5.56 Å². The van der Waals surface area contributed by atoms with Crippen LogP contribution in [0.3, 0.4) is 0 Å². The van der Waals surface area contributed by atoms with Gasteiger partial charge in [-0.2, -0.15) is 0 Å². The Morgan fingerprint density at radius 1 is 0.966 bits per heavy atom. The van der Waals surface area contributed by atoms with Gasteiger partial charge in [-0.25, -0.2) is 0 Å². The van der Waals surface area contributed by atoms with Crippen LogP contribution in [0.25, 0.3) is 0 Å². The molecule has 0 spiro atoms. The Bertz CT molecular complexity index is 716. The molecule has 1 aromatic rings. The number of rotatable bonds is 4. The molecule has 1 aromatic carbocycles. The molecule has 1 saturated carbocycles. The summed E-state index contributed by atoms with van der Waals surface area (Å²) in [4.78, 5) is 30.2. The number of hydrogen-bond donors (Lipinski definition) is 0. The number of halogens is 1. The molecular weight excluding hydrogens is 388 g/mol. The summed E-state index contributed by atoms with van der Waals surface area (Å²) in [5.74, 6) is 1.01. The lowest BCUT2D eigenvalue weighted by atomic mass is 9.73. The molecule has 1 aliphatic carbocycles. The summed E-state index contributed by atoms with van der Waals surface area (Å²) in [7, 11) is 0. The number of benzene rings is 1. The molecule has 2 amide bonds. The normalized spacial score (nSPS) is 22.7. The third-order valence-corrected chi connectivity index (χ3v) is 7.26. The fourth-order valence-electron chi connectivity index (χ4n) is 5.17. The molecule has 3 aliphatic rings. The molecule has 6 heteroatoms. The first-order valence-corrected chi connectivity index (χ1v) is 11.4. The van der Waals surface area contributed by atoms with E-state index in [1.165, 1.54) is 25.7 Å². The van der Waals surface area contributed by atoms with Crippen LogP contribution >= 0.6 is 11.6 Å². The fraction of sp³-hybridized carbons (Fsp3) is 0.652. The summed E-state index contributed by atoms with van der Waals surface area (Å²) >= 11 is 6.07. The van der Waals surface area contributed by atoms with Crippen molar-refractivity contribution < 1.29 is 14.3 Å². The minimum Gasteiger partial charge on any atom is -0.381 e. The molecule has 0 radical (unpaired) electrons. The van der Waals surface area contributed by atoms with Gasteiger partial charge in [0.1, 0.15) is 0 Å². The highest BCUT2D eigenvalue weighted by atomic mass is 35.5. The predicted molar refractivity (Wildman–Crippen MR) is 113 cm³/mol. The Balaban J connectivity index is 1.41. The zero-order valence-corrected chi connectivity index (χ0v) is 17.8. The first-order chi connectivity index (χ1) is 14.1. The van der Waals surface area contributed by atoms with Crippen molar-refractivity contribution in [2.45, 2.75) is 50.4 Å². The van der Waals surface area contributed by atoms with Crippen LogP contribution in [0.4, 0.5) is 0 Å². The van der Waals surface area contributed by atoms with E-state index >= 15 is 0 Å². The fourth-order valence-corrected chi connectivity index (χ4v) is 5.29. The molecule has 4 rings (SSSR count). The molecule has 0 aromatic heterocycles. The molecular formula is C23H31ClN2O3. The molecule has 158 valence electrons. The molecule has 0 bridgehead atoms. The smallest absolute Gasteiger partial charge is 0.233 e. The highest BCUT2D eigenvalue weighted by molar-refractivity contribution is 6.30. The van der Waals surface area contributed by atoms with Crippen molar-refractivity contribution in [1.82, 2.24) is 9.80 Å². The average Bonchev–Trinajstić information content (AvgIpc) is 3.27. The van der Waals surface area contributed by atoms with E-state index in [-0.39, 0.29) is 11.8 Å². The Morgan fingerprint density at radius 2 is 1.55 bits per heavy atom. The van der Waals surface area contributed by atoms with Gasteiger partial charge in [-0.15, -0.1) is 0 Å². The number of ether oxygens (including phenoxy) is 1. The number of nitrogens with zero attached hydrogens (tertiary/aromatic N) is 2. The van der Waals surface area contributed by atoms with Gasteiger partial charge in [0, 0.05) is 50.8 Å². The van der Waals surface area contributed by atoms with Gasteiger partial charge in [0.25, 0.3) is 0 Å². The molecule has 0 unspecified atom stereocenters. The molecule has 29 heavy (non-hydrogen) atoms. The first kappa shape index (κ1) is 20.7. The van der Waals surface area contributed by atoms with Crippen LogP contribution in [-0.2, 0) is 19.7 Å². The van der Waals surface area contributed by atoms with E-state index < -0.39 is 5.41 Å². The standard InChI is InChI=1S/C23H31ClN2O3/c24-20-7-5-19(6-8-20)23(9-15-29-16-10-23)22(28)26-13-11-25(12-14-26)21(27)17-18-3-1-2-4-18/h5-8,18H,1-4,9-17H2. The third kappa shape index (κ3) is 4.46. The lowest BCUT2D eigenvalue weighted by Crippen LogP contribution is -2.56. The summed E-state index contributed by atoms with van der Waals surface area (Å²) < 4.78 is 5.57. The van der Waals surface area contributed by atoms with Gasteiger partial charge in [-0.1, -0.05) is 36.6 Å². The number of hydrogen-bond acceptors (Lipinski definition) is 3. The van der Waals surface area contributed by atoms with E-state index in [1.54, 1.807) is 0 Å². The Kier molecular flexibility index (Phi) is 6.45. The van der Waals surface area contributed by atoms with Crippen LogP contribution in [0.5, 0.6) is 0 Å². The van der Waals surface area contributed by atoms with Gasteiger partial charge in [-0.05, 0) is 49.3 Å². The van der Waals surface area contributed by atoms with Crippen molar-refractivity contribution >= 4 is 23.4 Å². The van der Waals surface area contributed by atoms with Crippen LogP contribution in [0.2, 0.25) is 5.02 Å². The maximum absolute atomic E-state index is 13.6. The molecule has 2 saturated heterocycles. The van der Waals surface area contributed by atoms with Crippen LogP contribution in [0.1, 0.15) is 50.5 Å². The van der Waals surface area contributed by atoms with Crippen LogP contribution in [-0.4, -0.2) is 61.0 Å². The highest BCUT2D eigenvalue weighted by Crippen LogP contribution is 2.37. The average molecular weight is 419 g/mol. The van der Waals surface area contributed by atoms with Gasteiger partial charge in [0.2, 0.25) is 11.8 Å². The number of carbonyl (C=O) groups excluding carboxylic acids is 2. The van der Waals surface area contributed by atoms with Crippen molar-refractivity contribution in [2.24, 2.45) is 5.92 Å². The highest BCUT2D eigenvalue weighted by Gasteiger charge is 2.44. The van der Waals surface area contributed by atoms with Crippen molar-refractivity contribution in [3.05, 3.63) is 34.9 Å². The van der Waals surface area contributed by atoms with Gasteiger partial charge in [-0.3, -0.25) is 9.59 Å². The van der Waals surface area contributed by atoms with Gasteiger partial charge >= 0.3 is 0 Å². The molecule has 2 aliphatic heterocycles. The summed E-state index contributed by atoms with van der Waals surface area (Å²) in [6.45, 7) is 3.70. The van der Waals surface area contributed by atoms with Crippen molar-refractivity contribution in [2.75, 3.05) is 39.4 Å². The van der Waals surface area contributed by atoms with Gasteiger partial charge in [0.05, 0.1) is 5.41 Å². The largest absolute Gasteiger partial charge is 0.381 e. The Labute approximate surface area is 178 Å². The molecule has 3 fully saturated rings. The lowest BCUT2D eigenvalue weighted by Gasteiger charge is -2.43. The van der Waals surface area contributed by atoms with Gasteiger partial charge < -0.3 is 14.5 Å². The summed E-state index contributed by atoms with van der Waals surface area (Å²) in [5, 5.41) is 0.679. The SMILES string of the molecule is O=C(CC1CCCC1)N1CCN(C(=O)C2(c3ccc(Cl)cc3)CCOCC2)CC1. The maximum atomic E-state index is 13.6. The topological polar surface area (TPSA) is 49.9 Å². The molecule has 5 nitrogen and oxygen atoms in total. The second-order valence-corrected chi connectivity index (χ2v) is 9.17. The minimum absolute atomic E-state index is 0.172. The maximum Gasteiger partial charge on any atom is 0.233 e. The summed E-state index contributed by atoms with van der Waals surface area (Å²) in [6, 6.07) is 7.68. The number of carbonyl (C=O) groups is 2. The van der Waals surface area contributed by atoms with E-state index in [0.29, 0.717) is 69.6 Å². The van der Waals surface area contributed by atoms with Crippen LogP contribution in [0.15, 0.2) is 24.3 Å². The molecule has 0 N–H and O–H groups in total. The second kappa shape index (κ2) is 9.05. The summed E-state index contributed by atoms with van der Waals surface area (Å²) in [5.41, 5.74) is 0.480. The number of piperazine rings is 1. The quantitative estimate of drug-likeness (QED) is 0.750. The van der Waals surface area contributed by atoms with Crippen molar-refractivity contribution in [3.8, 4) is 0 Å². The van der Waals surface area contributed by atoms with E-state index in [1.807, 2.05) is 34.1 Å². The summed E-state index contributed by atoms with van der Waals surface area (Å²) in [6.07, 6.45) is 6.96. The lowest BCUT2D eigenvalue weighted by molar-refractivity contribution is -0.146. The first-order valence-electron chi connectivity index (χ1n) is 11.0.